The van der Waals surface area contributed by atoms with Gasteiger partial charge in [-0.05, 0) is 35.9 Å². The third-order valence-corrected chi connectivity index (χ3v) is 4.98. The van der Waals surface area contributed by atoms with E-state index in [0.29, 0.717) is 20.7 Å². The predicted octanol–water partition coefficient (Wildman–Crippen LogP) is 3.50. The van der Waals surface area contributed by atoms with Gasteiger partial charge in [-0.1, -0.05) is 36.1 Å². The summed E-state index contributed by atoms with van der Waals surface area (Å²) < 4.78 is 5.41. The molecular formula is C18H13NO5S2. The van der Waals surface area contributed by atoms with Gasteiger partial charge in [0.25, 0.3) is 5.91 Å². The van der Waals surface area contributed by atoms with E-state index in [0.717, 1.165) is 17.3 Å². The fraction of sp³-hybridized carbons (Fsp3) is 0.0556. The molecule has 0 saturated carbocycles. The lowest BCUT2D eigenvalue weighted by atomic mass is 10.1. The lowest BCUT2D eigenvalue weighted by Gasteiger charge is -2.15. The number of hydrogen-bond donors (Lipinski definition) is 2. The number of hydrogen-bond acceptors (Lipinski definition) is 6. The van der Waals surface area contributed by atoms with Crippen molar-refractivity contribution in [1.29, 1.82) is 0 Å². The molecule has 1 heterocycles. The van der Waals surface area contributed by atoms with Crippen molar-refractivity contribution in [2.45, 2.75) is 0 Å². The normalized spacial score (nSPS) is 15.6. The van der Waals surface area contributed by atoms with E-state index in [1.807, 2.05) is 12.1 Å². The van der Waals surface area contributed by atoms with Gasteiger partial charge >= 0.3 is 5.97 Å². The van der Waals surface area contributed by atoms with Gasteiger partial charge < -0.3 is 14.9 Å². The molecule has 8 heteroatoms. The fourth-order valence-corrected chi connectivity index (χ4v) is 3.68. The number of phenols is 1. The average Bonchev–Trinajstić information content (AvgIpc) is 2.88. The van der Waals surface area contributed by atoms with E-state index in [9.17, 15) is 14.7 Å². The first-order valence-electron chi connectivity index (χ1n) is 7.39. The van der Waals surface area contributed by atoms with Crippen LogP contribution >= 0.6 is 24.0 Å². The lowest BCUT2D eigenvalue weighted by Crippen LogP contribution is -2.27. The van der Waals surface area contributed by atoms with Gasteiger partial charge in [0, 0.05) is 6.07 Å². The third kappa shape index (κ3) is 3.42. The maximum atomic E-state index is 12.7. The number of carbonyl (C=O) groups is 2. The number of aromatic carboxylic acids is 1. The predicted molar refractivity (Wildman–Crippen MR) is 104 cm³/mol. The van der Waals surface area contributed by atoms with Gasteiger partial charge in [-0.2, -0.15) is 0 Å². The Hall–Kier alpha value is -2.84. The number of ether oxygens (including phenoxy) is 1. The minimum absolute atomic E-state index is 0.243. The first-order chi connectivity index (χ1) is 12.4. The van der Waals surface area contributed by atoms with Crippen molar-refractivity contribution >= 4 is 51.9 Å². The highest BCUT2D eigenvalue weighted by Crippen LogP contribution is 2.37. The number of thiocarbonyl (C=S) groups is 1. The van der Waals surface area contributed by atoms with Crippen molar-refractivity contribution in [3.05, 3.63) is 58.5 Å². The molecule has 0 radical (unpaired) electrons. The molecule has 3 rings (SSSR count). The summed E-state index contributed by atoms with van der Waals surface area (Å²) in [6, 6.07) is 11.1. The van der Waals surface area contributed by atoms with Crippen LogP contribution < -0.4 is 9.64 Å². The van der Waals surface area contributed by atoms with Gasteiger partial charge in [-0.25, -0.2) is 4.79 Å². The van der Waals surface area contributed by atoms with Crippen LogP contribution in [0.15, 0.2) is 47.4 Å². The number of rotatable bonds is 4. The Morgan fingerprint density at radius 1 is 1.23 bits per heavy atom. The standard InChI is InChI=1S/C18H13NO5S2/c1-24-12-5-2-10(3-6-12)8-15-16(21)19(18(25)26-15)11-4-7-13(17(22)23)14(20)9-11/h2-9,20H,1H3,(H,22,23). The van der Waals surface area contributed by atoms with Crippen LogP contribution in [0, 0.1) is 0 Å². The molecule has 1 aliphatic heterocycles. The molecule has 0 atom stereocenters. The van der Waals surface area contributed by atoms with Crippen molar-refractivity contribution < 1.29 is 24.5 Å². The Kier molecular flexibility index (Phi) is 4.97. The molecule has 0 bridgehead atoms. The Morgan fingerprint density at radius 2 is 1.92 bits per heavy atom. The van der Waals surface area contributed by atoms with Crippen LogP contribution in [0.1, 0.15) is 15.9 Å². The Labute approximate surface area is 158 Å². The number of aromatic hydroxyl groups is 1. The molecule has 132 valence electrons. The van der Waals surface area contributed by atoms with Gasteiger partial charge in [0.2, 0.25) is 0 Å². The molecule has 0 spiro atoms. The zero-order chi connectivity index (χ0) is 18.8. The second kappa shape index (κ2) is 7.19. The molecule has 26 heavy (non-hydrogen) atoms. The van der Waals surface area contributed by atoms with Gasteiger partial charge in [0.15, 0.2) is 4.32 Å². The van der Waals surface area contributed by atoms with Crippen LogP contribution in [-0.2, 0) is 4.79 Å². The second-order valence-electron chi connectivity index (χ2n) is 5.30. The number of methoxy groups -OCH3 is 1. The SMILES string of the molecule is COc1ccc(C=C2SC(=S)N(c3ccc(C(=O)O)c(O)c3)C2=O)cc1. The van der Waals surface area contributed by atoms with Crippen molar-refractivity contribution in [3.8, 4) is 11.5 Å². The summed E-state index contributed by atoms with van der Waals surface area (Å²) in [5, 5.41) is 18.8. The lowest BCUT2D eigenvalue weighted by molar-refractivity contribution is -0.113. The van der Waals surface area contributed by atoms with E-state index in [1.165, 1.54) is 23.1 Å². The monoisotopic (exact) mass is 387 g/mol. The summed E-state index contributed by atoms with van der Waals surface area (Å²) in [6.07, 6.45) is 1.71. The molecule has 0 unspecified atom stereocenters. The van der Waals surface area contributed by atoms with Gasteiger partial charge in [0.1, 0.15) is 17.1 Å². The van der Waals surface area contributed by atoms with Crippen LogP contribution in [-0.4, -0.2) is 33.5 Å². The maximum Gasteiger partial charge on any atom is 0.339 e. The zero-order valence-electron chi connectivity index (χ0n) is 13.5. The van der Waals surface area contributed by atoms with E-state index in [-0.39, 0.29) is 11.5 Å². The molecule has 1 saturated heterocycles. The van der Waals surface area contributed by atoms with Crippen LogP contribution in [0.4, 0.5) is 5.69 Å². The fourth-order valence-electron chi connectivity index (χ4n) is 2.38. The number of benzene rings is 2. The molecule has 2 aromatic carbocycles. The van der Waals surface area contributed by atoms with E-state index in [1.54, 1.807) is 25.3 Å². The number of carboxylic acids is 1. The quantitative estimate of drug-likeness (QED) is 0.613. The van der Waals surface area contributed by atoms with Crippen molar-refractivity contribution in [3.63, 3.8) is 0 Å². The molecular weight excluding hydrogens is 374 g/mol. The number of anilines is 1. The molecule has 2 aromatic rings. The first-order valence-corrected chi connectivity index (χ1v) is 8.61. The van der Waals surface area contributed by atoms with Crippen molar-refractivity contribution in [2.24, 2.45) is 0 Å². The highest BCUT2D eigenvalue weighted by molar-refractivity contribution is 8.27. The Balaban J connectivity index is 1.90. The van der Waals surface area contributed by atoms with Gasteiger partial charge in [-0.15, -0.1) is 0 Å². The number of amides is 1. The summed E-state index contributed by atoms with van der Waals surface area (Å²) >= 11 is 6.41. The Bertz CT molecular complexity index is 937. The summed E-state index contributed by atoms with van der Waals surface area (Å²) in [4.78, 5) is 25.4. The minimum atomic E-state index is -1.25. The van der Waals surface area contributed by atoms with Gasteiger partial charge in [0.05, 0.1) is 17.7 Å². The number of nitrogens with zero attached hydrogens (tertiary/aromatic N) is 1. The van der Waals surface area contributed by atoms with Crippen LogP contribution in [0.3, 0.4) is 0 Å². The highest BCUT2D eigenvalue weighted by atomic mass is 32.2. The van der Waals surface area contributed by atoms with E-state index in [2.05, 4.69) is 0 Å². The molecule has 0 aromatic heterocycles. The zero-order valence-corrected chi connectivity index (χ0v) is 15.1. The summed E-state index contributed by atoms with van der Waals surface area (Å²) in [5.74, 6) is -1.30. The molecule has 1 amide bonds. The third-order valence-electron chi connectivity index (χ3n) is 3.68. The van der Waals surface area contributed by atoms with Gasteiger partial charge in [-0.3, -0.25) is 9.69 Å². The second-order valence-corrected chi connectivity index (χ2v) is 6.97. The van der Waals surface area contributed by atoms with Crippen LogP contribution in [0.25, 0.3) is 6.08 Å². The molecule has 6 nitrogen and oxygen atoms in total. The minimum Gasteiger partial charge on any atom is -0.507 e. The van der Waals surface area contributed by atoms with E-state index >= 15 is 0 Å². The topological polar surface area (TPSA) is 87.1 Å². The summed E-state index contributed by atoms with van der Waals surface area (Å²) in [5.41, 5.74) is 0.886. The van der Waals surface area contributed by atoms with Crippen molar-refractivity contribution in [2.75, 3.05) is 12.0 Å². The number of carbonyl (C=O) groups excluding carboxylic acids is 1. The largest absolute Gasteiger partial charge is 0.507 e. The molecule has 1 aliphatic rings. The molecule has 0 aliphatic carbocycles. The first kappa shape index (κ1) is 18.0. The number of thioether (sulfide) groups is 1. The van der Waals surface area contributed by atoms with E-state index in [4.69, 9.17) is 22.1 Å². The summed E-state index contributed by atoms with van der Waals surface area (Å²) in [6.45, 7) is 0. The van der Waals surface area contributed by atoms with Crippen LogP contribution in [0.5, 0.6) is 11.5 Å². The van der Waals surface area contributed by atoms with Crippen molar-refractivity contribution in [1.82, 2.24) is 0 Å². The van der Waals surface area contributed by atoms with Crippen LogP contribution in [0.2, 0.25) is 0 Å². The molecule has 1 fully saturated rings. The molecule has 2 N–H and O–H groups in total. The smallest absolute Gasteiger partial charge is 0.339 e. The number of carboxylic acid groups (broad SMARTS) is 1. The van der Waals surface area contributed by atoms with E-state index < -0.39 is 11.7 Å². The maximum absolute atomic E-state index is 12.7. The highest BCUT2D eigenvalue weighted by Gasteiger charge is 2.33. The summed E-state index contributed by atoms with van der Waals surface area (Å²) in [7, 11) is 1.57. The Morgan fingerprint density at radius 3 is 2.50 bits per heavy atom. The average molecular weight is 387 g/mol.